The fourth-order valence-electron chi connectivity index (χ4n) is 7.07. The molecule has 580 valence electrons. The Morgan fingerprint density at radius 2 is 1.02 bits per heavy atom. The normalized spacial score (nSPS) is 15.4. The third-order valence-electron chi connectivity index (χ3n) is 13.1. The number of hydrogen-bond donors (Lipinski definition) is 9. The Hall–Kier alpha value is -5.67. The summed E-state index contributed by atoms with van der Waals surface area (Å²) in [5.41, 5.74) is 2.74. The Kier molecular flexibility index (Phi) is 60.5. The van der Waals surface area contributed by atoms with E-state index in [1.54, 1.807) is 128 Å². The van der Waals surface area contributed by atoms with E-state index in [1.807, 2.05) is 104 Å². The number of aromatic nitrogens is 4. The molecule has 29 heteroatoms. The van der Waals surface area contributed by atoms with Gasteiger partial charge in [0, 0.05) is 49.7 Å². The number of halogens is 3. The minimum Gasteiger partial charge on any atom is -1.00 e. The average Bonchev–Trinajstić information content (AvgIpc) is 1.65. The summed E-state index contributed by atoms with van der Waals surface area (Å²) in [6.45, 7) is 36.4. The van der Waals surface area contributed by atoms with Crippen LogP contribution in [0.15, 0.2) is 155 Å². The number of hydrogen-bond acceptors (Lipinski definition) is 18. The molecule has 0 radical (unpaired) electrons. The second kappa shape index (κ2) is 57.6. The summed E-state index contributed by atoms with van der Waals surface area (Å²) in [6.07, 6.45) is 6.03. The molecule has 3 amide bonds. The molecule has 4 unspecified atom stereocenters. The summed E-state index contributed by atoms with van der Waals surface area (Å²) in [5.74, 6) is 0. The predicted octanol–water partition coefficient (Wildman–Crippen LogP) is 10.8. The Morgan fingerprint density at radius 3 is 1.33 bits per heavy atom. The zero-order valence-electron chi connectivity index (χ0n) is 62.5. The van der Waals surface area contributed by atoms with Crippen LogP contribution in [0, 0.1) is 7.43 Å². The van der Waals surface area contributed by atoms with Crippen LogP contribution in [-0.2, 0) is 53.1 Å². The van der Waals surface area contributed by atoms with E-state index >= 15 is 0 Å². The van der Waals surface area contributed by atoms with Crippen LogP contribution in [0.25, 0.3) is 0 Å². The van der Waals surface area contributed by atoms with Gasteiger partial charge in [-0.2, -0.15) is 22.9 Å². The molecule has 2 aromatic heterocycles. The van der Waals surface area contributed by atoms with E-state index in [2.05, 4.69) is 124 Å². The number of carbonyl (C=O) groups is 5. The number of alkyl carbamates (subject to hydrolysis) is 3. The molecule has 6 aromatic rings. The molecule has 3 heterocycles. The van der Waals surface area contributed by atoms with E-state index in [9.17, 15) is 37.5 Å². The first-order valence-electron chi connectivity index (χ1n) is 32.2. The van der Waals surface area contributed by atoms with Crippen molar-refractivity contribution in [1.29, 1.82) is 0 Å². The van der Waals surface area contributed by atoms with E-state index in [0.717, 1.165) is 39.4 Å². The van der Waals surface area contributed by atoms with Crippen LogP contribution in [0.4, 0.5) is 14.4 Å². The van der Waals surface area contributed by atoms with Crippen molar-refractivity contribution < 1.29 is 83.1 Å². The van der Waals surface area contributed by atoms with Crippen molar-refractivity contribution in [1.82, 2.24) is 50.9 Å². The molecule has 1 aliphatic rings. The first-order chi connectivity index (χ1) is 45.6. The molecule has 9 N–H and O–H groups in total. The van der Waals surface area contributed by atoms with E-state index < -0.39 is 57.5 Å². The summed E-state index contributed by atoms with van der Waals surface area (Å²) in [5, 5.41) is 51.7. The quantitative estimate of drug-likeness (QED) is 0.0167. The third-order valence-corrected chi connectivity index (χ3v) is 15.5. The van der Waals surface area contributed by atoms with Crippen molar-refractivity contribution in [2.24, 2.45) is 0 Å². The Labute approximate surface area is 659 Å². The van der Waals surface area contributed by atoms with Gasteiger partial charge in [0.25, 0.3) is 0 Å². The molecule has 4 aromatic carbocycles. The van der Waals surface area contributed by atoms with Crippen molar-refractivity contribution in [3.05, 3.63) is 185 Å². The summed E-state index contributed by atoms with van der Waals surface area (Å²) in [7, 11) is -3.55. The van der Waals surface area contributed by atoms with E-state index in [4.69, 9.17) is 28.6 Å². The average molecular weight is 1670 g/mol. The first kappa shape index (κ1) is 108. The number of nitrogens with one attached hydrogen (secondary N) is 6. The number of aldehydes is 2. The standard InChI is InChI=1S/C14H18BrN3.C11H15NO3S.C11H17NO.C9H19NO3.C8H17NO3.C8H15NO3.C7H6O.C3H3BrN2.2CH4.CH3.BrH.Mg/c1-11(12(2)18-10-14(15)9-17-18)16-8-13-6-4-3-5-7-13;1-9-10(2)15-16(13,14)12(9)8-11-6-4-3-5-7-11;1-9(10(2)13)12-8-11-6-4-3-5-7-11;1-6(7(2)11)10-8(12)13-9(3,4)5;2*1-6(5-10)9-7(11)12-8(2,3)4;8-6-7-4-2-1-3-5-7;4-3-1-5-6-2-3;;;;;/h3-7,9-12,16H,8H2,1-2H3;3-7,9-10H,8H2,1-2H3;3-7,9-10,12-13H,8H2,1-2H3;6-7,11H,1-5H3,(H,10,12);6,10H,5H2,1-4H3,(H,9,11);5-6H,1-4H3,(H,9,11);1-6H;1-2H,(H,5,6);2*1H4;1H3;1H;/q;;;;;;;;;;-1;;+2/p-1/t11-,12?;2*9-,10?;6-,7?;2*6-;;;;;;;/m000000......./s1. The molecule has 1 fully saturated rings. The molecule has 24 nitrogen and oxygen atoms in total. The monoisotopic (exact) mass is 1670 g/mol. The number of carbonyl (C=O) groups excluding carboxylic acids is 5. The maximum atomic E-state index is 11.7. The zero-order chi connectivity index (χ0) is 74.8. The Bertz CT molecular complexity index is 3210. The number of amides is 3. The predicted molar refractivity (Wildman–Crippen MR) is 418 cm³/mol. The smallest absolute Gasteiger partial charge is 1.00 e. The molecule has 1 aliphatic heterocycles. The van der Waals surface area contributed by atoms with Gasteiger partial charge in [0.2, 0.25) is 0 Å². The maximum Gasteiger partial charge on any atom is 2.00 e. The Balaban J connectivity index is -0.000000263. The minimum atomic E-state index is -3.55. The van der Waals surface area contributed by atoms with Crippen molar-refractivity contribution in [2.45, 2.75) is 243 Å². The second-order valence-electron chi connectivity index (χ2n) is 25.9. The maximum absolute atomic E-state index is 11.7. The molecule has 7 rings (SSSR count). The largest absolute Gasteiger partial charge is 2.00 e. The third kappa shape index (κ3) is 55.4. The molecular weight excluding hydrogens is 1550 g/mol. The van der Waals surface area contributed by atoms with Crippen LogP contribution in [-0.4, -0.2) is 180 Å². The molecule has 10 atom stereocenters. The van der Waals surface area contributed by atoms with Crippen molar-refractivity contribution >= 4 is 96.1 Å². The molecule has 103 heavy (non-hydrogen) atoms. The van der Waals surface area contributed by atoms with Crippen molar-refractivity contribution in [2.75, 3.05) is 6.61 Å². The number of aliphatic hydroxyl groups is 3. The summed E-state index contributed by atoms with van der Waals surface area (Å²) in [6, 6.07) is 38.9. The number of aliphatic hydroxyl groups excluding tert-OH is 3. The van der Waals surface area contributed by atoms with Gasteiger partial charge in [-0.15, -0.1) is 0 Å². The van der Waals surface area contributed by atoms with Crippen LogP contribution >= 0.6 is 31.9 Å². The number of aromatic amines is 1. The van der Waals surface area contributed by atoms with Gasteiger partial charge in [0.1, 0.15) is 29.4 Å². The van der Waals surface area contributed by atoms with E-state index in [-0.39, 0.29) is 105 Å². The minimum absolute atomic E-state index is 0. The topological polar surface area (TPSA) is 327 Å². The fourth-order valence-corrected chi connectivity index (χ4v) is 9.12. The molecule has 0 aliphatic carbocycles. The van der Waals surface area contributed by atoms with Gasteiger partial charge in [-0.25, -0.2) is 14.4 Å². The number of nitrogens with zero attached hydrogens (tertiary/aromatic N) is 4. The van der Waals surface area contributed by atoms with Crippen LogP contribution in [0.1, 0.15) is 179 Å². The van der Waals surface area contributed by atoms with Gasteiger partial charge in [0.15, 0.2) is 0 Å². The number of ether oxygens (including phenoxy) is 3. The van der Waals surface area contributed by atoms with Crippen LogP contribution in [0.2, 0.25) is 0 Å². The summed E-state index contributed by atoms with van der Waals surface area (Å²) < 4.78 is 48.6. The summed E-state index contributed by atoms with van der Waals surface area (Å²) in [4.78, 5) is 53.2. The molecule has 0 bridgehead atoms. The fraction of sp³-hybridized carbons (Fsp3) is 0.514. The van der Waals surface area contributed by atoms with E-state index in [1.165, 1.54) is 15.4 Å². The molecule has 0 saturated carbocycles. The molecule has 0 spiro atoms. The van der Waals surface area contributed by atoms with E-state index in [0.29, 0.717) is 24.9 Å². The number of benzene rings is 4. The van der Waals surface area contributed by atoms with Crippen LogP contribution in [0.3, 0.4) is 0 Å². The number of rotatable bonds is 18. The van der Waals surface area contributed by atoms with Gasteiger partial charge in [-0.05, 0) is 180 Å². The van der Waals surface area contributed by atoms with Gasteiger partial charge in [-0.3, -0.25) is 18.8 Å². The number of H-pyrrole nitrogens is 1. The Morgan fingerprint density at radius 1 is 0.621 bits per heavy atom. The van der Waals surface area contributed by atoms with Gasteiger partial charge < -0.3 is 85.3 Å². The van der Waals surface area contributed by atoms with Gasteiger partial charge >= 0.3 is 51.6 Å². The first-order valence-corrected chi connectivity index (χ1v) is 35.1. The second-order valence-corrected chi connectivity index (χ2v) is 29.2. The molecular formula is C74H121Br3MgN10O14S. The SMILES string of the molecule is Brc1cn[nH]c1.C.C.CC(O)[C@H](C)NC(=O)OC(C)(C)C.CC(O)[C@H](C)NCc1ccccc1.CC([C@H](C)NCc1ccccc1)n1cc(Br)cn1.CC1OS(=O)(=O)N(Cc2ccccc2)[C@H]1C.C[C@@H](C=O)NC(=O)OC(C)(C)C.C[C@@H](CO)NC(=O)OC(C)(C)C.O=Cc1ccccc1.[Br-].[CH3-].[Mg+2]. The van der Waals surface area contributed by atoms with Gasteiger partial charge in [-0.1, -0.05) is 136 Å². The molecule has 1 saturated heterocycles. The van der Waals surface area contributed by atoms with Gasteiger partial charge in [0.05, 0.1) is 76.5 Å². The van der Waals surface area contributed by atoms with Crippen molar-refractivity contribution in [3.8, 4) is 0 Å². The zero-order valence-corrected chi connectivity index (χ0v) is 69.5. The van der Waals surface area contributed by atoms with Crippen molar-refractivity contribution in [3.63, 3.8) is 0 Å². The van der Waals surface area contributed by atoms with Crippen LogP contribution < -0.4 is 43.6 Å². The summed E-state index contributed by atoms with van der Waals surface area (Å²) >= 11 is 6.61. The van der Waals surface area contributed by atoms with Crippen LogP contribution in [0.5, 0.6) is 0 Å².